The molecular weight excluding hydrogens is 468 g/mol. The Morgan fingerprint density at radius 1 is 1.25 bits per heavy atom. The minimum atomic E-state index is -3.69. The number of halogens is 1. The number of benzene rings is 2. The van der Waals surface area contributed by atoms with Crippen molar-refractivity contribution < 1.29 is 23.1 Å². The molecule has 2 aromatic carbocycles. The molecule has 0 atom stereocenters. The molecule has 1 aromatic heterocycles. The van der Waals surface area contributed by atoms with E-state index < -0.39 is 16.0 Å². The van der Waals surface area contributed by atoms with Gasteiger partial charge < -0.3 is 9.84 Å². The van der Waals surface area contributed by atoms with Crippen LogP contribution in [0.2, 0.25) is 0 Å². The summed E-state index contributed by atoms with van der Waals surface area (Å²) in [6, 6.07) is 11.7. The molecule has 0 unspecified atom stereocenters. The summed E-state index contributed by atoms with van der Waals surface area (Å²) in [5.74, 6) is -0.468. The highest BCUT2D eigenvalue weighted by molar-refractivity contribution is 9.10. The van der Waals surface area contributed by atoms with Crippen molar-refractivity contribution >= 4 is 48.4 Å². The number of rotatable bonds is 8. The standard InChI is InChI=1S/C18H15BrN2O5S2/c19-14-4-5-16(26-15-3-1-2-12(8-15)9-17(22)23)13(10-14)11-28(24,25)21-18-20-6-7-27-18/h1-8,10H,9,11H2,(H,20,21)(H,22,23). The Kier molecular flexibility index (Phi) is 6.32. The Hall–Kier alpha value is -2.43. The number of carbonyl (C=O) groups is 1. The molecule has 1 heterocycles. The Labute approximate surface area is 174 Å². The lowest BCUT2D eigenvalue weighted by molar-refractivity contribution is -0.136. The lowest BCUT2D eigenvalue weighted by Gasteiger charge is -2.13. The molecular formula is C18H15BrN2O5S2. The van der Waals surface area contributed by atoms with Gasteiger partial charge in [-0.05, 0) is 35.9 Å². The number of aromatic nitrogens is 1. The fourth-order valence-electron chi connectivity index (χ4n) is 2.43. The van der Waals surface area contributed by atoms with Gasteiger partial charge in [0.15, 0.2) is 5.13 Å². The van der Waals surface area contributed by atoms with Gasteiger partial charge in [0.25, 0.3) is 0 Å². The maximum Gasteiger partial charge on any atom is 0.307 e. The Bertz CT molecular complexity index is 1090. The van der Waals surface area contributed by atoms with Gasteiger partial charge in [-0.25, -0.2) is 13.4 Å². The van der Waals surface area contributed by atoms with Gasteiger partial charge in [-0.15, -0.1) is 11.3 Å². The minimum Gasteiger partial charge on any atom is -0.481 e. The highest BCUT2D eigenvalue weighted by Gasteiger charge is 2.17. The normalized spacial score (nSPS) is 11.2. The van der Waals surface area contributed by atoms with Gasteiger partial charge in [-0.3, -0.25) is 9.52 Å². The summed E-state index contributed by atoms with van der Waals surface area (Å²) in [6.45, 7) is 0. The molecule has 2 N–H and O–H groups in total. The lowest BCUT2D eigenvalue weighted by atomic mass is 10.1. The van der Waals surface area contributed by atoms with Crippen LogP contribution in [0.5, 0.6) is 11.5 Å². The molecule has 146 valence electrons. The third kappa shape index (κ3) is 5.78. The van der Waals surface area contributed by atoms with E-state index >= 15 is 0 Å². The zero-order valence-corrected chi connectivity index (χ0v) is 17.6. The van der Waals surface area contributed by atoms with Gasteiger partial charge >= 0.3 is 5.97 Å². The van der Waals surface area contributed by atoms with E-state index in [2.05, 4.69) is 25.6 Å². The van der Waals surface area contributed by atoms with E-state index in [1.807, 2.05) is 0 Å². The number of ether oxygens (including phenoxy) is 1. The summed E-state index contributed by atoms with van der Waals surface area (Å²) < 4.78 is 33.9. The Morgan fingerprint density at radius 2 is 2.07 bits per heavy atom. The van der Waals surface area contributed by atoms with Crippen molar-refractivity contribution in [2.45, 2.75) is 12.2 Å². The first-order valence-corrected chi connectivity index (χ1v) is 11.3. The van der Waals surface area contributed by atoms with Crippen LogP contribution in [0.1, 0.15) is 11.1 Å². The number of nitrogens with one attached hydrogen (secondary N) is 1. The monoisotopic (exact) mass is 482 g/mol. The van der Waals surface area contributed by atoms with Crippen molar-refractivity contribution in [3.63, 3.8) is 0 Å². The average molecular weight is 483 g/mol. The summed E-state index contributed by atoms with van der Waals surface area (Å²) in [5.41, 5.74) is 1.03. The fraction of sp³-hybridized carbons (Fsp3) is 0.111. The second-order valence-corrected chi connectivity index (χ2v) is 9.30. The van der Waals surface area contributed by atoms with E-state index in [1.54, 1.807) is 47.8 Å². The quantitative estimate of drug-likeness (QED) is 0.496. The first kappa shape index (κ1) is 20.3. The number of nitrogens with zero attached hydrogens (tertiary/aromatic N) is 1. The van der Waals surface area contributed by atoms with Crippen LogP contribution in [0.3, 0.4) is 0 Å². The molecule has 0 aliphatic carbocycles. The van der Waals surface area contributed by atoms with Crippen LogP contribution in [0.15, 0.2) is 58.5 Å². The molecule has 3 aromatic rings. The number of carboxylic acids is 1. The molecule has 28 heavy (non-hydrogen) atoms. The van der Waals surface area contributed by atoms with Crippen LogP contribution in [-0.2, 0) is 27.0 Å². The average Bonchev–Trinajstić information content (AvgIpc) is 3.09. The van der Waals surface area contributed by atoms with Crippen LogP contribution < -0.4 is 9.46 Å². The zero-order chi connectivity index (χ0) is 20.1. The summed E-state index contributed by atoms with van der Waals surface area (Å²) in [7, 11) is -3.69. The second kappa shape index (κ2) is 8.72. The summed E-state index contributed by atoms with van der Waals surface area (Å²) in [6.07, 6.45) is 1.39. The van der Waals surface area contributed by atoms with Crippen molar-refractivity contribution in [2.24, 2.45) is 0 Å². The number of thiazole rings is 1. The van der Waals surface area contributed by atoms with Gasteiger partial charge in [-0.1, -0.05) is 28.1 Å². The molecule has 7 nitrogen and oxygen atoms in total. The van der Waals surface area contributed by atoms with Crippen molar-refractivity contribution in [1.82, 2.24) is 4.98 Å². The summed E-state index contributed by atoms with van der Waals surface area (Å²) in [4.78, 5) is 14.8. The van der Waals surface area contributed by atoms with E-state index in [-0.39, 0.29) is 12.2 Å². The smallest absolute Gasteiger partial charge is 0.307 e. The highest BCUT2D eigenvalue weighted by Crippen LogP contribution is 2.30. The molecule has 0 amide bonds. The zero-order valence-electron chi connectivity index (χ0n) is 14.3. The summed E-state index contributed by atoms with van der Waals surface area (Å²) in [5, 5.41) is 10.9. The van der Waals surface area contributed by atoms with Crippen LogP contribution >= 0.6 is 27.3 Å². The highest BCUT2D eigenvalue weighted by atomic mass is 79.9. The molecule has 0 aliphatic heterocycles. The maximum absolute atomic E-state index is 12.5. The molecule has 0 aliphatic rings. The van der Waals surface area contributed by atoms with Gasteiger partial charge in [-0.2, -0.15) is 0 Å². The number of sulfonamides is 1. The van der Waals surface area contributed by atoms with E-state index in [0.717, 1.165) is 0 Å². The van der Waals surface area contributed by atoms with Crippen LogP contribution in [0.25, 0.3) is 0 Å². The number of carboxylic acid groups (broad SMARTS) is 1. The van der Waals surface area contributed by atoms with Crippen molar-refractivity contribution in [1.29, 1.82) is 0 Å². The molecule has 10 heteroatoms. The molecule has 0 spiro atoms. The molecule has 3 rings (SSSR count). The predicted octanol–water partition coefficient (Wildman–Crippen LogP) is 4.27. The molecule has 0 saturated heterocycles. The first-order valence-electron chi connectivity index (χ1n) is 7.98. The van der Waals surface area contributed by atoms with Gasteiger partial charge in [0.1, 0.15) is 11.5 Å². The van der Waals surface area contributed by atoms with Crippen molar-refractivity contribution in [3.8, 4) is 11.5 Å². The van der Waals surface area contributed by atoms with Crippen LogP contribution in [0, 0.1) is 0 Å². The molecule has 0 bridgehead atoms. The van der Waals surface area contributed by atoms with Gasteiger partial charge in [0.2, 0.25) is 10.0 Å². The fourth-order valence-corrected chi connectivity index (χ4v) is 4.81. The number of hydrogen-bond acceptors (Lipinski definition) is 6. The lowest BCUT2D eigenvalue weighted by Crippen LogP contribution is -2.15. The number of hydrogen-bond donors (Lipinski definition) is 2. The third-order valence-electron chi connectivity index (χ3n) is 3.52. The second-order valence-electron chi connectivity index (χ2n) is 5.77. The van der Waals surface area contributed by atoms with Crippen molar-refractivity contribution in [2.75, 3.05) is 4.72 Å². The van der Waals surface area contributed by atoms with E-state index in [1.165, 1.54) is 17.5 Å². The van der Waals surface area contributed by atoms with Crippen LogP contribution in [0.4, 0.5) is 5.13 Å². The predicted molar refractivity (Wildman–Crippen MR) is 110 cm³/mol. The van der Waals surface area contributed by atoms with Crippen LogP contribution in [-0.4, -0.2) is 24.5 Å². The minimum absolute atomic E-state index is 0.128. The van der Waals surface area contributed by atoms with Gasteiger partial charge in [0, 0.05) is 21.6 Å². The Morgan fingerprint density at radius 3 is 2.79 bits per heavy atom. The topological polar surface area (TPSA) is 106 Å². The van der Waals surface area contributed by atoms with E-state index in [9.17, 15) is 13.2 Å². The number of aliphatic carboxylic acids is 1. The molecule has 0 saturated carbocycles. The van der Waals surface area contributed by atoms with E-state index in [4.69, 9.17) is 9.84 Å². The first-order chi connectivity index (χ1) is 13.3. The van der Waals surface area contributed by atoms with Crippen molar-refractivity contribution in [3.05, 3.63) is 69.6 Å². The van der Waals surface area contributed by atoms with E-state index in [0.29, 0.717) is 32.2 Å². The third-order valence-corrected chi connectivity index (χ3v) is 6.03. The summed E-state index contributed by atoms with van der Waals surface area (Å²) >= 11 is 4.53. The maximum atomic E-state index is 12.5. The molecule has 0 fully saturated rings. The van der Waals surface area contributed by atoms with Gasteiger partial charge in [0.05, 0.1) is 12.2 Å². The molecule has 0 radical (unpaired) electrons. The SMILES string of the molecule is O=C(O)Cc1cccc(Oc2ccc(Br)cc2CS(=O)(=O)Nc2nccs2)c1. The largest absolute Gasteiger partial charge is 0.481 e. The Balaban J connectivity index is 1.84. The number of anilines is 1.